The maximum Gasteiger partial charge on any atom is 0.416 e. The third kappa shape index (κ3) is 7.51. The van der Waals surface area contributed by atoms with Gasteiger partial charge in [-0.1, -0.05) is 17.3 Å². The zero-order valence-corrected chi connectivity index (χ0v) is 20.6. The SMILES string of the molecule is C/C(=N/Oc1ncnc(OC2CCN(C(=O)OC(C)(C)C)CC2)c1[N+](=O)[O-])c1ccc(C(F)(F)F)cc1. The minimum Gasteiger partial charge on any atom is -0.469 e. The number of hydrogen-bond acceptors (Lipinski definition) is 9. The summed E-state index contributed by atoms with van der Waals surface area (Å²) >= 11 is 0. The molecule has 1 aliphatic rings. The highest BCUT2D eigenvalue weighted by Crippen LogP contribution is 2.35. The highest BCUT2D eigenvalue weighted by atomic mass is 19.4. The van der Waals surface area contributed by atoms with Crippen molar-refractivity contribution in [2.75, 3.05) is 13.1 Å². The molecule has 14 heteroatoms. The van der Waals surface area contributed by atoms with Crippen LogP contribution in [-0.2, 0) is 10.9 Å². The molecule has 1 aromatic heterocycles. The maximum absolute atomic E-state index is 12.8. The van der Waals surface area contributed by atoms with Gasteiger partial charge in [0.1, 0.15) is 18.0 Å². The van der Waals surface area contributed by atoms with E-state index in [1.165, 1.54) is 24.0 Å². The van der Waals surface area contributed by atoms with Crippen molar-refractivity contribution in [3.63, 3.8) is 0 Å². The zero-order chi connectivity index (χ0) is 27.4. The number of aromatic nitrogens is 2. The summed E-state index contributed by atoms with van der Waals surface area (Å²) in [5.74, 6) is -0.819. The number of halogens is 3. The monoisotopic (exact) mass is 525 g/mol. The predicted molar refractivity (Wildman–Crippen MR) is 124 cm³/mol. The van der Waals surface area contributed by atoms with Gasteiger partial charge < -0.3 is 19.2 Å². The number of amides is 1. The van der Waals surface area contributed by atoms with Crippen molar-refractivity contribution >= 4 is 17.5 Å². The lowest BCUT2D eigenvalue weighted by molar-refractivity contribution is -0.387. The molecule has 1 saturated heterocycles. The van der Waals surface area contributed by atoms with Crippen LogP contribution in [-0.4, -0.2) is 56.4 Å². The van der Waals surface area contributed by atoms with E-state index in [2.05, 4.69) is 15.1 Å². The Morgan fingerprint density at radius 3 is 2.24 bits per heavy atom. The highest BCUT2D eigenvalue weighted by molar-refractivity contribution is 5.98. The predicted octanol–water partition coefficient (Wildman–Crippen LogP) is 4.98. The molecular formula is C23H26F3N5O6. The molecule has 11 nitrogen and oxygen atoms in total. The Morgan fingerprint density at radius 2 is 1.70 bits per heavy atom. The first kappa shape index (κ1) is 27.6. The van der Waals surface area contributed by atoms with Crippen molar-refractivity contribution in [1.29, 1.82) is 0 Å². The quantitative estimate of drug-likeness (QED) is 0.293. The molecule has 1 aliphatic heterocycles. The van der Waals surface area contributed by atoms with Crippen LogP contribution in [0.3, 0.4) is 0 Å². The van der Waals surface area contributed by atoms with Gasteiger partial charge in [-0.25, -0.2) is 4.79 Å². The topological polar surface area (TPSA) is 129 Å². The van der Waals surface area contributed by atoms with Gasteiger partial charge in [0.15, 0.2) is 0 Å². The fourth-order valence-electron chi connectivity index (χ4n) is 3.36. The van der Waals surface area contributed by atoms with Crippen LogP contribution in [0.2, 0.25) is 0 Å². The van der Waals surface area contributed by atoms with Gasteiger partial charge in [-0.05, 0) is 45.4 Å². The van der Waals surface area contributed by atoms with Crippen LogP contribution in [0, 0.1) is 10.1 Å². The fourth-order valence-corrected chi connectivity index (χ4v) is 3.36. The number of piperidine rings is 1. The Morgan fingerprint density at radius 1 is 1.11 bits per heavy atom. The number of hydrogen-bond donors (Lipinski definition) is 0. The van der Waals surface area contributed by atoms with Gasteiger partial charge in [0.05, 0.1) is 16.2 Å². The number of benzene rings is 1. The van der Waals surface area contributed by atoms with Gasteiger partial charge in [-0.3, -0.25) is 10.1 Å². The second kappa shape index (κ2) is 11.0. The molecule has 3 rings (SSSR count). The lowest BCUT2D eigenvalue weighted by Crippen LogP contribution is -2.44. The largest absolute Gasteiger partial charge is 0.469 e. The molecule has 0 aliphatic carbocycles. The average molecular weight is 525 g/mol. The highest BCUT2D eigenvalue weighted by Gasteiger charge is 2.32. The van der Waals surface area contributed by atoms with Crippen LogP contribution in [0.1, 0.15) is 51.7 Å². The van der Waals surface area contributed by atoms with Gasteiger partial charge in [0.2, 0.25) is 0 Å². The number of alkyl halides is 3. The fraction of sp³-hybridized carbons (Fsp3) is 0.478. The molecule has 1 amide bonds. The normalized spacial score (nSPS) is 15.3. The minimum atomic E-state index is -4.48. The van der Waals surface area contributed by atoms with E-state index < -0.39 is 46.0 Å². The molecule has 0 unspecified atom stereocenters. The smallest absolute Gasteiger partial charge is 0.416 e. The standard InChI is InChI=1S/C23H26F3N5O6/c1-14(15-5-7-16(8-6-15)23(24,25)26)29-37-20-18(31(33)34)19(27-13-28-20)35-17-9-11-30(12-10-17)21(32)36-22(2,3)4/h5-8,13,17H,9-12H2,1-4H3/b29-14-. The lowest BCUT2D eigenvalue weighted by Gasteiger charge is -2.33. The van der Waals surface area contributed by atoms with Crippen molar-refractivity contribution in [1.82, 2.24) is 14.9 Å². The van der Waals surface area contributed by atoms with E-state index in [1.807, 2.05) is 0 Å². The minimum absolute atomic E-state index is 0.165. The summed E-state index contributed by atoms with van der Waals surface area (Å²) in [5, 5.41) is 15.5. The summed E-state index contributed by atoms with van der Waals surface area (Å²) in [6.45, 7) is 7.43. The Bertz CT molecular complexity index is 1160. The number of oxime groups is 1. The molecule has 2 heterocycles. The third-order valence-corrected chi connectivity index (χ3v) is 5.21. The summed E-state index contributed by atoms with van der Waals surface area (Å²) in [5.41, 5.74) is -1.62. The second-order valence-corrected chi connectivity index (χ2v) is 9.22. The molecular weight excluding hydrogens is 499 g/mol. The summed E-state index contributed by atoms with van der Waals surface area (Å²) in [4.78, 5) is 37.5. The molecule has 0 atom stereocenters. The Hall–Kier alpha value is -3.97. The van der Waals surface area contributed by atoms with Crippen LogP contribution in [0.5, 0.6) is 11.8 Å². The first-order valence-electron chi connectivity index (χ1n) is 11.3. The number of nitrogens with zero attached hydrogens (tertiary/aromatic N) is 5. The van der Waals surface area contributed by atoms with E-state index in [4.69, 9.17) is 14.3 Å². The summed E-state index contributed by atoms with van der Waals surface area (Å²) in [6.07, 6.45) is -3.60. The number of carbonyl (C=O) groups excluding carboxylic acids is 1. The molecule has 37 heavy (non-hydrogen) atoms. The molecule has 0 spiro atoms. The Kier molecular flexibility index (Phi) is 8.18. The Balaban J connectivity index is 1.69. The second-order valence-electron chi connectivity index (χ2n) is 9.22. The van der Waals surface area contributed by atoms with Crippen molar-refractivity contribution in [3.05, 3.63) is 51.8 Å². The maximum atomic E-state index is 12.8. The molecule has 1 fully saturated rings. The van der Waals surface area contributed by atoms with E-state index in [9.17, 15) is 28.1 Å². The molecule has 0 radical (unpaired) electrons. The molecule has 0 bridgehead atoms. The summed E-state index contributed by atoms with van der Waals surface area (Å²) < 4.78 is 49.4. The summed E-state index contributed by atoms with van der Waals surface area (Å²) in [7, 11) is 0. The van der Waals surface area contributed by atoms with Crippen LogP contribution < -0.4 is 9.57 Å². The van der Waals surface area contributed by atoms with Gasteiger partial charge in [-0.15, -0.1) is 0 Å². The van der Waals surface area contributed by atoms with Crippen molar-refractivity contribution in [3.8, 4) is 11.8 Å². The number of rotatable bonds is 6. The van der Waals surface area contributed by atoms with Gasteiger partial charge in [0, 0.05) is 25.9 Å². The van der Waals surface area contributed by atoms with E-state index in [-0.39, 0.29) is 11.6 Å². The van der Waals surface area contributed by atoms with Gasteiger partial charge >= 0.3 is 29.7 Å². The first-order chi connectivity index (χ1) is 17.2. The van der Waals surface area contributed by atoms with E-state index >= 15 is 0 Å². The van der Waals surface area contributed by atoms with Crippen LogP contribution in [0.15, 0.2) is 35.7 Å². The van der Waals surface area contributed by atoms with Crippen LogP contribution >= 0.6 is 0 Å². The average Bonchev–Trinajstić information content (AvgIpc) is 2.81. The van der Waals surface area contributed by atoms with Crippen molar-refractivity contribution in [2.45, 2.75) is 58.4 Å². The number of nitro groups is 1. The van der Waals surface area contributed by atoms with Crippen LogP contribution in [0.4, 0.5) is 23.7 Å². The first-order valence-corrected chi connectivity index (χ1v) is 11.3. The van der Waals surface area contributed by atoms with Crippen molar-refractivity contribution in [2.24, 2.45) is 5.16 Å². The van der Waals surface area contributed by atoms with Crippen LogP contribution in [0.25, 0.3) is 0 Å². The molecule has 200 valence electrons. The zero-order valence-electron chi connectivity index (χ0n) is 20.6. The summed E-state index contributed by atoms with van der Waals surface area (Å²) in [6, 6.07) is 4.19. The van der Waals surface area contributed by atoms with Crippen molar-refractivity contribution < 1.29 is 37.2 Å². The number of carbonyl (C=O) groups is 1. The third-order valence-electron chi connectivity index (χ3n) is 5.21. The number of likely N-dealkylation sites (tertiary alicyclic amines) is 1. The van der Waals surface area contributed by atoms with E-state index in [0.29, 0.717) is 31.5 Å². The van der Waals surface area contributed by atoms with E-state index in [1.54, 1.807) is 20.8 Å². The van der Waals surface area contributed by atoms with Gasteiger partial charge in [0.25, 0.3) is 0 Å². The molecule has 1 aromatic carbocycles. The molecule has 2 aromatic rings. The molecule has 0 saturated carbocycles. The number of ether oxygens (including phenoxy) is 2. The Labute approximate surface area is 210 Å². The van der Waals surface area contributed by atoms with Gasteiger partial charge in [-0.2, -0.15) is 23.1 Å². The molecule has 0 N–H and O–H groups in total. The van der Waals surface area contributed by atoms with E-state index in [0.717, 1.165) is 18.5 Å². The lowest BCUT2D eigenvalue weighted by atomic mass is 10.1.